The third-order valence-electron chi connectivity index (χ3n) is 3.08. The summed E-state index contributed by atoms with van der Waals surface area (Å²) in [6, 6.07) is 2.17. The molecule has 0 spiro atoms. The van der Waals surface area contributed by atoms with Crippen molar-refractivity contribution in [3.8, 4) is 6.07 Å². The van der Waals surface area contributed by atoms with Gasteiger partial charge in [0.2, 0.25) is 5.91 Å². The molecule has 1 fully saturated rings. The molecule has 102 valence electrons. The van der Waals surface area contributed by atoms with Crippen LogP contribution in [-0.2, 0) is 4.79 Å². The average molecular weight is 252 g/mol. The SMILES string of the molecule is CC(C)CNC(=O)CN1CCN(CCC#N)CC1. The van der Waals surface area contributed by atoms with Crippen LogP contribution in [-0.4, -0.2) is 61.5 Å². The smallest absolute Gasteiger partial charge is 0.234 e. The van der Waals surface area contributed by atoms with Gasteiger partial charge in [0.15, 0.2) is 0 Å². The Morgan fingerprint density at radius 2 is 1.89 bits per heavy atom. The second-order valence-electron chi connectivity index (χ2n) is 5.22. The number of carbonyl (C=O) groups excluding carboxylic acids is 1. The van der Waals surface area contributed by atoms with Crippen LogP contribution in [0.25, 0.3) is 0 Å². The fourth-order valence-corrected chi connectivity index (χ4v) is 1.96. The van der Waals surface area contributed by atoms with Crippen LogP contribution >= 0.6 is 0 Å². The number of piperazine rings is 1. The summed E-state index contributed by atoms with van der Waals surface area (Å²) in [5.41, 5.74) is 0. The topological polar surface area (TPSA) is 59.4 Å². The highest BCUT2D eigenvalue weighted by Gasteiger charge is 2.18. The molecule has 0 atom stereocenters. The van der Waals surface area contributed by atoms with Gasteiger partial charge in [-0.1, -0.05) is 13.8 Å². The summed E-state index contributed by atoms with van der Waals surface area (Å²) < 4.78 is 0. The molecule has 1 amide bonds. The van der Waals surface area contributed by atoms with E-state index < -0.39 is 0 Å². The fourth-order valence-electron chi connectivity index (χ4n) is 1.96. The van der Waals surface area contributed by atoms with Crippen molar-refractivity contribution in [3.05, 3.63) is 0 Å². The number of hydrogen-bond acceptors (Lipinski definition) is 4. The predicted molar refractivity (Wildman–Crippen MR) is 71.0 cm³/mol. The summed E-state index contributed by atoms with van der Waals surface area (Å²) >= 11 is 0. The van der Waals surface area contributed by atoms with Crippen LogP contribution in [0, 0.1) is 17.2 Å². The van der Waals surface area contributed by atoms with E-state index in [-0.39, 0.29) is 5.91 Å². The molecule has 1 heterocycles. The van der Waals surface area contributed by atoms with E-state index in [0.29, 0.717) is 18.9 Å². The fraction of sp³-hybridized carbons (Fsp3) is 0.846. The van der Waals surface area contributed by atoms with Gasteiger partial charge in [0.05, 0.1) is 12.6 Å². The molecule has 0 aliphatic carbocycles. The molecular formula is C13H24N4O. The number of nitrogens with one attached hydrogen (secondary N) is 1. The van der Waals surface area contributed by atoms with Gasteiger partial charge < -0.3 is 5.32 Å². The van der Waals surface area contributed by atoms with Crippen LogP contribution in [0.3, 0.4) is 0 Å². The van der Waals surface area contributed by atoms with Crippen LogP contribution < -0.4 is 5.32 Å². The van der Waals surface area contributed by atoms with E-state index in [0.717, 1.165) is 39.3 Å². The largest absolute Gasteiger partial charge is 0.355 e. The van der Waals surface area contributed by atoms with E-state index in [9.17, 15) is 4.79 Å². The van der Waals surface area contributed by atoms with Crippen molar-refractivity contribution in [2.45, 2.75) is 20.3 Å². The molecule has 0 aromatic rings. The van der Waals surface area contributed by atoms with Gasteiger partial charge in [-0.3, -0.25) is 14.6 Å². The Hall–Kier alpha value is -1.12. The second kappa shape index (κ2) is 8.06. The van der Waals surface area contributed by atoms with Crippen molar-refractivity contribution in [2.24, 2.45) is 5.92 Å². The molecule has 1 N–H and O–H groups in total. The Bertz CT molecular complexity index is 290. The molecule has 5 heteroatoms. The quantitative estimate of drug-likeness (QED) is 0.738. The van der Waals surface area contributed by atoms with Crippen LogP contribution in [0.1, 0.15) is 20.3 Å². The molecule has 0 bridgehead atoms. The molecule has 1 saturated heterocycles. The zero-order valence-electron chi connectivity index (χ0n) is 11.5. The Morgan fingerprint density at radius 1 is 1.28 bits per heavy atom. The van der Waals surface area contributed by atoms with Gasteiger partial charge in [-0.15, -0.1) is 0 Å². The molecule has 0 saturated carbocycles. The summed E-state index contributed by atoms with van der Waals surface area (Å²) in [6.07, 6.45) is 0.592. The van der Waals surface area contributed by atoms with Crippen molar-refractivity contribution in [1.29, 1.82) is 5.26 Å². The van der Waals surface area contributed by atoms with E-state index in [1.54, 1.807) is 0 Å². The van der Waals surface area contributed by atoms with Gasteiger partial charge in [0, 0.05) is 45.7 Å². The van der Waals surface area contributed by atoms with Crippen molar-refractivity contribution in [2.75, 3.05) is 45.8 Å². The molecule has 0 unspecified atom stereocenters. The molecular weight excluding hydrogens is 228 g/mol. The molecule has 0 radical (unpaired) electrons. The molecule has 1 aliphatic rings. The van der Waals surface area contributed by atoms with Gasteiger partial charge in [-0.05, 0) is 5.92 Å². The van der Waals surface area contributed by atoms with Crippen molar-refractivity contribution in [1.82, 2.24) is 15.1 Å². The first-order chi connectivity index (χ1) is 8.61. The molecule has 0 aromatic heterocycles. The second-order valence-corrected chi connectivity index (χ2v) is 5.22. The number of hydrogen-bond donors (Lipinski definition) is 1. The lowest BCUT2D eigenvalue weighted by molar-refractivity contribution is -0.122. The maximum absolute atomic E-state index is 11.7. The highest BCUT2D eigenvalue weighted by atomic mass is 16.2. The van der Waals surface area contributed by atoms with E-state index >= 15 is 0 Å². The number of amides is 1. The van der Waals surface area contributed by atoms with Crippen molar-refractivity contribution < 1.29 is 4.79 Å². The first-order valence-corrected chi connectivity index (χ1v) is 6.70. The lowest BCUT2D eigenvalue weighted by atomic mass is 10.2. The summed E-state index contributed by atoms with van der Waals surface area (Å²) in [6.45, 7) is 10.0. The Labute approximate surface area is 110 Å². The van der Waals surface area contributed by atoms with Gasteiger partial charge in [-0.2, -0.15) is 5.26 Å². The molecule has 0 aromatic carbocycles. The molecule has 1 rings (SSSR count). The normalized spacial score (nSPS) is 17.7. The highest BCUT2D eigenvalue weighted by molar-refractivity contribution is 5.78. The van der Waals surface area contributed by atoms with Crippen LogP contribution in [0.15, 0.2) is 0 Å². The van der Waals surface area contributed by atoms with E-state index in [1.165, 1.54) is 0 Å². The van der Waals surface area contributed by atoms with E-state index in [4.69, 9.17) is 5.26 Å². The number of nitrogens with zero attached hydrogens (tertiary/aromatic N) is 3. The minimum Gasteiger partial charge on any atom is -0.355 e. The molecule has 5 nitrogen and oxygen atoms in total. The minimum atomic E-state index is 0.120. The first kappa shape index (κ1) is 14.9. The predicted octanol–water partition coefficient (Wildman–Crippen LogP) is 0.290. The van der Waals surface area contributed by atoms with Gasteiger partial charge in [0.25, 0.3) is 0 Å². The van der Waals surface area contributed by atoms with Crippen LogP contribution in [0.4, 0.5) is 0 Å². The number of carbonyl (C=O) groups is 1. The summed E-state index contributed by atoms with van der Waals surface area (Å²) in [7, 11) is 0. The van der Waals surface area contributed by atoms with Crippen molar-refractivity contribution in [3.63, 3.8) is 0 Å². The third kappa shape index (κ3) is 5.99. The zero-order valence-corrected chi connectivity index (χ0v) is 11.5. The minimum absolute atomic E-state index is 0.120. The first-order valence-electron chi connectivity index (χ1n) is 6.70. The van der Waals surface area contributed by atoms with Gasteiger partial charge >= 0.3 is 0 Å². The summed E-state index contributed by atoms with van der Waals surface area (Å²) in [5, 5.41) is 11.5. The number of rotatable bonds is 6. The Balaban J connectivity index is 2.15. The monoisotopic (exact) mass is 252 g/mol. The van der Waals surface area contributed by atoms with Crippen LogP contribution in [0.2, 0.25) is 0 Å². The van der Waals surface area contributed by atoms with Gasteiger partial charge in [-0.25, -0.2) is 0 Å². The van der Waals surface area contributed by atoms with Crippen molar-refractivity contribution >= 4 is 5.91 Å². The van der Waals surface area contributed by atoms with Crippen LogP contribution in [0.5, 0.6) is 0 Å². The lowest BCUT2D eigenvalue weighted by Crippen LogP contribution is -2.49. The average Bonchev–Trinajstić information content (AvgIpc) is 2.35. The van der Waals surface area contributed by atoms with E-state index in [1.807, 2.05) is 0 Å². The lowest BCUT2D eigenvalue weighted by Gasteiger charge is -2.33. The molecule has 18 heavy (non-hydrogen) atoms. The number of nitriles is 1. The summed E-state index contributed by atoms with van der Waals surface area (Å²) in [4.78, 5) is 16.1. The zero-order chi connectivity index (χ0) is 13.4. The molecule has 1 aliphatic heterocycles. The standard InChI is InChI=1S/C13H24N4O/c1-12(2)10-15-13(18)11-17-8-6-16(7-9-17)5-3-4-14/h12H,3,5-11H2,1-2H3,(H,15,18). The van der Waals surface area contributed by atoms with Gasteiger partial charge in [0.1, 0.15) is 0 Å². The van der Waals surface area contributed by atoms with E-state index in [2.05, 4.69) is 35.0 Å². The summed E-state index contributed by atoms with van der Waals surface area (Å²) in [5.74, 6) is 0.617. The maximum atomic E-state index is 11.7. The highest BCUT2D eigenvalue weighted by Crippen LogP contribution is 2.01. The Morgan fingerprint density at radius 3 is 2.44 bits per heavy atom. The maximum Gasteiger partial charge on any atom is 0.234 e. The Kier molecular flexibility index (Phi) is 6.69. The third-order valence-corrected chi connectivity index (χ3v) is 3.08.